The fourth-order valence-electron chi connectivity index (χ4n) is 3.44. The van der Waals surface area contributed by atoms with Gasteiger partial charge in [-0.15, -0.1) is 0 Å². The number of aromatic nitrogens is 4. The van der Waals surface area contributed by atoms with E-state index in [-0.39, 0.29) is 0 Å². The van der Waals surface area contributed by atoms with Gasteiger partial charge in [0.1, 0.15) is 30.2 Å². The molecule has 0 aliphatic carbocycles. The van der Waals surface area contributed by atoms with Gasteiger partial charge in [-0.3, -0.25) is 0 Å². The van der Waals surface area contributed by atoms with E-state index in [0.29, 0.717) is 27.4 Å². The highest BCUT2D eigenvalue weighted by Crippen LogP contribution is 2.40. The number of aliphatic hydroxyl groups excluding tert-OH is 2. The van der Waals surface area contributed by atoms with Gasteiger partial charge in [0.2, 0.25) is 0 Å². The van der Waals surface area contributed by atoms with Crippen molar-refractivity contribution in [3.8, 4) is 0 Å². The molecule has 1 aliphatic heterocycles. The van der Waals surface area contributed by atoms with Gasteiger partial charge in [-0.25, -0.2) is 20.5 Å². The van der Waals surface area contributed by atoms with Crippen LogP contribution in [0.25, 0.3) is 11.0 Å². The average molecular weight is 407 g/mol. The van der Waals surface area contributed by atoms with Crippen molar-refractivity contribution in [3.05, 3.63) is 47.4 Å². The van der Waals surface area contributed by atoms with Crippen molar-refractivity contribution < 1.29 is 20.1 Å². The van der Waals surface area contributed by atoms with Crippen LogP contribution in [-0.4, -0.2) is 53.4 Å². The van der Waals surface area contributed by atoms with E-state index in [1.54, 1.807) is 24.3 Å². The second kappa shape index (κ2) is 6.92. The third-order valence-corrected chi connectivity index (χ3v) is 5.24. The number of nitrogens with one attached hydrogen (secondary N) is 1. The van der Waals surface area contributed by atoms with Crippen molar-refractivity contribution in [2.45, 2.75) is 37.1 Å². The predicted octanol–water partition coefficient (Wildman–Crippen LogP) is 0.292. The number of benzene rings is 1. The average Bonchev–Trinajstić information content (AvgIpc) is 3.24. The molecule has 0 radical (unpaired) electrons. The van der Waals surface area contributed by atoms with Crippen LogP contribution in [-0.2, 0) is 10.3 Å². The Morgan fingerprint density at radius 3 is 2.61 bits per heavy atom. The second-order valence-electron chi connectivity index (χ2n) is 6.78. The number of hydrogen-bond donors (Lipinski definition) is 5. The van der Waals surface area contributed by atoms with Gasteiger partial charge in [0, 0.05) is 5.02 Å². The molecule has 1 aliphatic rings. The number of hydrazine groups is 1. The third kappa shape index (κ3) is 2.91. The van der Waals surface area contributed by atoms with Crippen molar-refractivity contribution in [1.82, 2.24) is 19.7 Å². The first kappa shape index (κ1) is 19.0. The maximum absolute atomic E-state index is 11.1. The first-order valence-corrected chi connectivity index (χ1v) is 8.87. The summed E-state index contributed by atoms with van der Waals surface area (Å²) in [4.78, 5) is 8.15. The maximum Gasteiger partial charge on any atom is 0.181 e. The molecule has 0 spiro atoms. The SMILES string of the molecule is C[C@@](O)(c1ccc(Cl)cc1)[C@H]1O[C@@H](n2ncc3c(NN)ncnc32)[C@H](O)[C@@H]1O. The van der Waals surface area contributed by atoms with Gasteiger partial charge in [0.05, 0.1) is 11.6 Å². The van der Waals surface area contributed by atoms with Crippen LogP contribution in [0.15, 0.2) is 36.8 Å². The highest BCUT2D eigenvalue weighted by atomic mass is 35.5. The molecule has 3 aromatic rings. The van der Waals surface area contributed by atoms with Gasteiger partial charge in [-0.2, -0.15) is 5.10 Å². The molecule has 0 unspecified atom stereocenters. The lowest BCUT2D eigenvalue weighted by molar-refractivity contribution is -0.137. The Morgan fingerprint density at radius 2 is 1.93 bits per heavy atom. The zero-order chi connectivity index (χ0) is 20.1. The molecule has 5 atom stereocenters. The first-order chi connectivity index (χ1) is 13.3. The summed E-state index contributed by atoms with van der Waals surface area (Å²) in [6.45, 7) is 1.50. The lowest BCUT2D eigenvalue weighted by Crippen LogP contribution is -2.45. The molecule has 0 saturated carbocycles. The molecule has 148 valence electrons. The predicted molar refractivity (Wildman–Crippen MR) is 100 cm³/mol. The molecular formula is C17H19ClN6O4. The van der Waals surface area contributed by atoms with Crippen LogP contribution in [0.5, 0.6) is 0 Å². The lowest BCUT2D eigenvalue weighted by Gasteiger charge is -2.32. The van der Waals surface area contributed by atoms with Gasteiger partial charge in [0.25, 0.3) is 0 Å². The number of ether oxygens (including phenoxy) is 1. The molecule has 11 heteroatoms. The van der Waals surface area contributed by atoms with E-state index >= 15 is 0 Å². The third-order valence-electron chi connectivity index (χ3n) is 4.99. The minimum Gasteiger partial charge on any atom is -0.387 e. The van der Waals surface area contributed by atoms with Crippen LogP contribution in [0.3, 0.4) is 0 Å². The largest absolute Gasteiger partial charge is 0.387 e. The molecule has 3 heterocycles. The monoisotopic (exact) mass is 406 g/mol. The summed E-state index contributed by atoms with van der Waals surface area (Å²) in [5, 5.41) is 37.4. The summed E-state index contributed by atoms with van der Waals surface area (Å²) in [5.41, 5.74) is 1.68. The molecule has 6 N–H and O–H groups in total. The molecule has 0 bridgehead atoms. The summed E-state index contributed by atoms with van der Waals surface area (Å²) >= 11 is 5.90. The van der Waals surface area contributed by atoms with E-state index in [1.165, 1.54) is 24.1 Å². The fourth-order valence-corrected chi connectivity index (χ4v) is 3.57. The number of anilines is 1. The summed E-state index contributed by atoms with van der Waals surface area (Å²) in [7, 11) is 0. The topological polar surface area (TPSA) is 152 Å². The molecule has 1 fully saturated rings. The molecule has 0 amide bonds. The van der Waals surface area contributed by atoms with Crippen LogP contribution in [0.4, 0.5) is 5.82 Å². The Kier molecular flexibility index (Phi) is 4.70. The van der Waals surface area contributed by atoms with Crippen LogP contribution in [0.1, 0.15) is 18.7 Å². The summed E-state index contributed by atoms with van der Waals surface area (Å²) < 4.78 is 7.19. The minimum absolute atomic E-state index is 0.353. The number of fused-ring (bicyclic) bond motifs is 1. The lowest BCUT2D eigenvalue weighted by atomic mass is 9.87. The molecule has 1 saturated heterocycles. The van der Waals surface area contributed by atoms with Gasteiger partial charge >= 0.3 is 0 Å². The maximum atomic E-state index is 11.1. The van der Waals surface area contributed by atoms with Gasteiger partial charge < -0.3 is 25.5 Å². The van der Waals surface area contributed by atoms with Crippen molar-refractivity contribution in [3.63, 3.8) is 0 Å². The van der Waals surface area contributed by atoms with Crippen LogP contribution >= 0.6 is 11.6 Å². The summed E-state index contributed by atoms with van der Waals surface area (Å²) in [6.07, 6.45) is -2.16. The van der Waals surface area contributed by atoms with Crippen molar-refractivity contribution in [2.75, 3.05) is 5.43 Å². The Hall–Kier alpha value is -2.34. The fraction of sp³-hybridized carbons (Fsp3) is 0.353. The molecule has 10 nitrogen and oxygen atoms in total. The molecule has 1 aromatic carbocycles. The molecule has 2 aromatic heterocycles. The number of halogens is 1. The summed E-state index contributed by atoms with van der Waals surface area (Å²) in [6, 6.07) is 6.52. The Labute approximate surface area is 164 Å². The van der Waals surface area contributed by atoms with E-state index in [2.05, 4.69) is 20.5 Å². The normalized spacial score (nSPS) is 27.1. The minimum atomic E-state index is -1.60. The zero-order valence-electron chi connectivity index (χ0n) is 14.8. The van der Waals surface area contributed by atoms with E-state index in [0.717, 1.165) is 0 Å². The van der Waals surface area contributed by atoms with E-state index in [4.69, 9.17) is 22.2 Å². The highest BCUT2D eigenvalue weighted by Gasteiger charge is 2.52. The number of aliphatic hydroxyl groups is 3. The van der Waals surface area contributed by atoms with Gasteiger partial charge in [0.15, 0.2) is 17.7 Å². The first-order valence-electron chi connectivity index (χ1n) is 8.49. The quantitative estimate of drug-likeness (QED) is 0.304. The van der Waals surface area contributed by atoms with E-state index in [9.17, 15) is 15.3 Å². The molecule has 4 rings (SSSR count). The van der Waals surface area contributed by atoms with Crippen LogP contribution < -0.4 is 11.3 Å². The number of nitrogens with zero attached hydrogens (tertiary/aromatic N) is 4. The standard InChI is InChI=1S/C17H19ClN6O4/c1-17(27,8-2-4-9(18)5-3-8)13-11(25)12(26)16(28-13)24-15-10(6-22-24)14(23-19)20-7-21-15/h2-7,11-13,16,25-27H,19H2,1H3,(H,20,21,23)/t11-,12+,13-,16+,17+/m0/s1. The van der Waals surface area contributed by atoms with Crippen molar-refractivity contribution in [1.29, 1.82) is 0 Å². The Bertz CT molecular complexity index is 995. The van der Waals surface area contributed by atoms with Gasteiger partial charge in [-0.05, 0) is 24.6 Å². The number of rotatable bonds is 4. The summed E-state index contributed by atoms with van der Waals surface area (Å²) in [5.74, 6) is 5.80. The van der Waals surface area contributed by atoms with Gasteiger partial charge in [-0.1, -0.05) is 23.7 Å². The number of hydrogen-bond acceptors (Lipinski definition) is 9. The Morgan fingerprint density at radius 1 is 1.21 bits per heavy atom. The second-order valence-corrected chi connectivity index (χ2v) is 7.21. The zero-order valence-corrected chi connectivity index (χ0v) is 15.5. The highest BCUT2D eigenvalue weighted by molar-refractivity contribution is 6.30. The van der Waals surface area contributed by atoms with E-state index < -0.39 is 30.1 Å². The Balaban J connectivity index is 1.69. The van der Waals surface area contributed by atoms with Crippen LogP contribution in [0.2, 0.25) is 5.02 Å². The molecular weight excluding hydrogens is 388 g/mol. The van der Waals surface area contributed by atoms with Crippen molar-refractivity contribution in [2.24, 2.45) is 5.84 Å². The number of nitrogens with two attached hydrogens (primary N) is 1. The van der Waals surface area contributed by atoms with Crippen LogP contribution in [0, 0.1) is 0 Å². The smallest absolute Gasteiger partial charge is 0.181 e. The number of nitrogen functional groups attached to an aromatic ring is 1. The van der Waals surface area contributed by atoms with E-state index in [1.807, 2.05) is 0 Å². The van der Waals surface area contributed by atoms with Crippen molar-refractivity contribution >= 4 is 28.5 Å². The molecule has 28 heavy (non-hydrogen) atoms.